The lowest BCUT2D eigenvalue weighted by molar-refractivity contribution is 0.976. The fourth-order valence-electron chi connectivity index (χ4n) is 0.882. The van der Waals surface area contributed by atoms with Crippen molar-refractivity contribution in [1.29, 1.82) is 0 Å². The monoisotopic (exact) mass is 241 g/mol. The molecule has 0 fully saturated rings. The predicted octanol–water partition coefficient (Wildman–Crippen LogP) is 3.09. The van der Waals surface area contributed by atoms with Gasteiger partial charge in [0.25, 0.3) is 0 Å². The quantitative estimate of drug-likeness (QED) is 0.586. The maximum atomic E-state index is 4.46. The summed E-state index contributed by atoms with van der Waals surface area (Å²) < 4.78 is 1.10. The maximum Gasteiger partial charge on any atom is 0.0585 e. The molecule has 0 aliphatic heterocycles. The molecule has 0 atom stereocenters. The van der Waals surface area contributed by atoms with Crippen LogP contribution < -0.4 is 0 Å². The number of halogens is 1. The maximum absolute atomic E-state index is 4.46. The number of nitrogens with zero attached hydrogens (tertiary/aromatic N) is 1. The van der Waals surface area contributed by atoms with E-state index in [1.54, 1.807) is 0 Å². The first-order chi connectivity index (χ1) is 5.83. The number of aliphatic imine (C=N–C) groups is 1. The topological polar surface area (TPSA) is 12.4 Å². The zero-order valence-electron chi connectivity index (χ0n) is 6.46. The van der Waals surface area contributed by atoms with Gasteiger partial charge in [-0.05, 0) is 36.3 Å². The van der Waals surface area contributed by atoms with E-state index >= 15 is 0 Å². The molecule has 1 aromatic rings. The van der Waals surface area contributed by atoms with Gasteiger partial charge in [-0.1, -0.05) is 28.1 Å². The Balaban J connectivity index is 2.53. The van der Waals surface area contributed by atoms with Gasteiger partial charge in [-0.2, -0.15) is 0 Å². The van der Waals surface area contributed by atoms with Gasteiger partial charge < -0.3 is 0 Å². The highest BCUT2D eigenvalue weighted by Crippen LogP contribution is 2.10. The second kappa shape index (κ2) is 5.20. The van der Waals surface area contributed by atoms with Crippen LogP contribution >= 0.6 is 28.1 Å². The molecule has 12 heavy (non-hydrogen) atoms. The van der Waals surface area contributed by atoms with Crippen molar-refractivity contribution in [3.63, 3.8) is 0 Å². The van der Waals surface area contributed by atoms with Crippen molar-refractivity contribution >= 4 is 33.3 Å². The minimum Gasteiger partial charge on any atom is -0.232 e. The number of hydrogen-bond donors (Lipinski definition) is 0. The van der Waals surface area contributed by atoms with E-state index in [9.17, 15) is 0 Å². The Kier molecular flexibility index (Phi) is 4.15. The molecule has 0 aliphatic rings. The summed E-state index contributed by atoms with van der Waals surface area (Å²) in [6.45, 7) is 0.727. The Bertz CT molecular complexity index is 288. The summed E-state index contributed by atoms with van der Waals surface area (Å²) in [6.07, 6.45) is 0.928. The van der Waals surface area contributed by atoms with E-state index in [2.05, 4.69) is 50.4 Å². The minimum atomic E-state index is 0.727. The first-order valence-corrected chi connectivity index (χ1v) is 4.81. The normalized spacial score (nSPS) is 9.08. The molecule has 0 radical (unpaired) electrons. The predicted molar refractivity (Wildman–Crippen MR) is 57.7 cm³/mol. The van der Waals surface area contributed by atoms with Gasteiger partial charge >= 0.3 is 0 Å². The average Bonchev–Trinajstić information content (AvgIpc) is 2.09. The SMILES string of the molecule is S=C=NCCc1ccc(Br)cc1. The Hall–Kier alpha value is -0.500. The highest BCUT2D eigenvalue weighted by molar-refractivity contribution is 9.10. The third-order valence-electron chi connectivity index (χ3n) is 1.49. The van der Waals surface area contributed by atoms with Crippen LogP contribution in [0.5, 0.6) is 0 Å². The molecular formula is C9H8BrNS. The first kappa shape index (κ1) is 9.59. The zero-order chi connectivity index (χ0) is 8.81. The Labute approximate surface area is 85.6 Å². The second-order valence-corrected chi connectivity index (χ2v) is 3.45. The number of thiocarbonyl (C=S) groups is 1. The minimum absolute atomic E-state index is 0.727. The molecule has 0 saturated heterocycles. The second-order valence-electron chi connectivity index (χ2n) is 2.35. The summed E-state index contributed by atoms with van der Waals surface area (Å²) in [4.78, 5) is 3.84. The van der Waals surface area contributed by atoms with Crippen molar-refractivity contribution < 1.29 is 0 Å². The van der Waals surface area contributed by atoms with Crippen molar-refractivity contribution in [2.24, 2.45) is 4.99 Å². The van der Waals surface area contributed by atoms with Crippen LogP contribution in [0.3, 0.4) is 0 Å². The summed E-state index contributed by atoms with van der Waals surface area (Å²) >= 11 is 7.84. The van der Waals surface area contributed by atoms with Crippen LogP contribution in [0.1, 0.15) is 5.56 Å². The summed E-state index contributed by atoms with van der Waals surface area (Å²) in [7, 11) is 0. The lowest BCUT2D eigenvalue weighted by Gasteiger charge is -1.96. The molecule has 0 amide bonds. The number of hydrogen-bond acceptors (Lipinski definition) is 2. The molecule has 0 N–H and O–H groups in total. The largest absolute Gasteiger partial charge is 0.232 e. The summed E-state index contributed by atoms with van der Waals surface area (Å²) in [6, 6.07) is 8.19. The van der Waals surface area contributed by atoms with Gasteiger partial charge in [-0.15, -0.1) is 0 Å². The van der Waals surface area contributed by atoms with E-state index in [4.69, 9.17) is 0 Å². The van der Waals surface area contributed by atoms with E-state index in [1.165, 1.54) is 5.56 Å². The molecule has 62 valence electrons. The van der Waals surface area contributed by atoms with Gasteiger partial charge in [0.15, 0.2) is 0 Å². The van der Waals surface area contributed by atoms with Crippen LogP contribution in [-0.4, -0.2) is 11.7 Å². The molecule has 1 rings (SSSR count). The summed E-state index contributed by atoms with van der Waals surface area (Å²) in [5.41, 5.74) is 1.27. The molecule has 0 aliphatic carbocycles. The molecule has 3 heteroatoms. The van der Waals surface area contributed by atoms with Crippen LogP contribution in [0.25, 0.3) is 0 Å². The van der Waals surface area contributed by atoms with E-state index in [0.717, 1.165) is 17.4 Å². The van der Waals surface area contributed by atoms with Gasteiger partial charge in [0.1, 0.15) is 0 Å². The highest BCUT2D eigenvalue weighted by Gasteiger charge is 1.90. The lowest BCUT2D eigenvalue weighted by atomic mass is 10.2. The fraction of sp³-hybridized carbons (Fsp3) is 0.222. The molecular weight excluding hydrogens is 234 g/mol. The van der Waals surface area contributed by atoms with Crippen molar-refractivity contribution in [3.05, 3.63) is 34.3 Å². The van der Waals surface area contributed by atoms with E-state index in [0.29, 0.717) is 0 Å². The zero-order valence-corrected chi connectivity index (χ0v) is 8.86. The Morgan fingerprint density at radius 3 is 2.58 bits per heavy atom. The molecule has 0 bridgehead atoms. The molecule has 0 heterocycles. The van der Waals surface area contributed by atoms with Crippen molar-refractivity contribution in [1.82, 2.24) is 0 Å². The smallest absolute Gasteiger partial charge is 0.0585 e. The van der Waals surface area contributed by atoms with Gasteiger partial charge in [0, 0.05) is 4.47 Å². The molecule has 1 aromatic carbocycles. The van der Waals surface area contributed by atoms with Crippen molar-refractivity contribution in [2.45, 2.75) is 6.42 Å². The Morgan fingerprint density at radius 2 is 2.00 bits per heavy atom. The summed E-state index contributed by atoms with van der Waals surface area (Å²) in [5.74, 6) is 0. The van der Waals surface area contributed by atoms with E-state index < -0.39 is 0 Å². The number of benzene rings is 1. The van der Waals surface area contributed by atoms with Crippen LogP contribution in [-0.2, 0) is 6.42 Å². The van der Waals surface area contributed by atoms with Crippen LogP contribution in [0.4, 0.5) is 0 Å². The third-order valence-corrected chi connectivity index (χ3v) is 2.15. The lowest BCUT2D eigenvalue weighted by Crippen LogP contribution is -1.87. The van der Waals surface area contributed by atoms with Gasteiger partial charge in [0.2, 0.25) is 0 Å². The van der Waals surface area contributed by atoms with Crippen molar-refractivity contribution in [2.75, 3.05) is 6.54 Å². The number of rotatable bonds is 3. The first-order valence-electron chi connectivity index (χ1n) is 3.61. The standard InChI is InChI=1S/C9H8BrNS/c10-9-3-1-8(2-4-9)5-6-11-7-12/h1-4H,5-6H2. The fourth-order valence-corrected chi connectivity index (χ4v) is 1.24. The molecule has 0 aromatic heterocycles. The molecule has 0 saturated carbocycles. The van der Waals surface area contributed by atoms with E-state index in [1.807, 2.05) is 12.1 Å². The Morgan fingerprint density at radius 1 is 1.33 bits per heavy atom. The molecule has 0 unspecified atom stereocenters. The molecule has 0 spiro atoms. The average molecular weight is 242 g/mol. The van der Waals surface area contributed by atoms with Gasteiger partial charge in [-0.25, -0.2) is 4.99 Å². The molecule has 1 nitrogen and oxygen atoms in total. The van der Waals surface area contributed by atoms with E-state index in [-0.39, 0.29) is 0 Å². The third kappa shape index (κ3) is 3.26. The van der Waals surface area contributed by atoms with Crippen LogP contribution in [0.15, 0.2) is 33.7 Å². The van der Waals surface area contributed by atoms with Gasteiger partial charge in [0.05, 0.1) is 11.7 Å². The van der Waals surface area contributed by atoms with Crippen LogP contribution in [0.2, 0.25) is 0 Å². The van der Waals surface area contributed by atoms with Gasteiger partial charge in [-0.3, -0.25) is 0 Å². The van der Waals surface area contributed by atoms with Crippen LogP contribution in [0, 0.1) is 0 Å². The highest BCUT2D eigenvalue weighted by atomic mass is 79.9. The summed E-state index contributed by atoms with van der Waals surface area (Å²) in [5, 5.41) is 2.35. The van der Waals surface area contributed by atoms with Crippen molar-refractivity contribution in [3.8, 4) is 0 Å². The number of isothiocyanates is 1.